The second-order valence-electron chi connectivity index (χ2n) is 10.8. The summed E-state index contributed by atoms with van der Waals surface area (Å²) in [5.41, 5.74) is -3.59. The molecule has 1 aliphatic carbocycles. The molecule has 0 spiro atoms. The number of Topliss-reactive ketones (excluding diaryl/α,β-unsaturated/α-hetero) is 2. The fraction of sp³-hybridized carbons (Fsp3) is 0.533. The third-order valence-electron chi connectivity index (χ3n) is 8.11. The van der Waals surface area contributed by atoms with Gasteiger partial charge in [-0.2, -0.15) is 26.3 Å². The number of rotatable bonds is 11. The summed E-state index contributed by atoms with van der Waals surface area (Å²) in [6.45, 7) is 2.92. The first-order valence-electron chi connectivity index (χ1n) is 13.2. The summed E-state index contributed by atoms with van der Waals surface area (Å²) in [4.78, 5) is 25.3. The van der Waals surface area contributed by atoms with Gasteiger partial charge in [-0.05, 0) is 75.3 Å². The lowest BCUT2D eigenvalue weighted by Gasteiger charge is -2.46. The lowest BCUT2D eigenvalue weighted by molar-refractivity contribution is -0.143. The number of hydrogen-bond acceptors (Lipinski definition) is 3. The number of carbonyl (C=O) groups excluding carboxylic acids is 2. The lowest BCUT2D eigenvalue weighted by Crippen LogP contribution is -2.44. The molecule has 0 radical (unpaired) electrons. The van der Waals surface area contributed by atoms with Crippen LogP contribution in [0.5, 0.6) is 0 Å². The van der Waals surface area contributed by atoms with Crippen molar-refractivity contribution < 1.29 is 40.7 Å². The van der Waals surface area contributed by atoms with Gasteiger partial charge in [0.15, 0.2) is 0 Å². The van der Waals surface area contributed by atoms with Crippen LogP contribution in [0.1, 0.15) is 87.2 Å². The van der Waals surface area contributed by atoms with Gasteiger partial charge in [0.05, 0.1) is 23.8 Å². The molecular formula is C30H33ClF6O3. The van der Waals surface area contributed by atoms with E-state index in [1.807, 2.05) is 30.3 Å². The van der Waals surface area contributed by atoms with Crippen molar-refractivity contribution in [1.29, 1.82) is 0 Å². The van der Waals surface area contributed by atoms with Crippen LogP contribution in [0.4, 0.5) is 26.3 Å². The summed E-state index contributed by atoms with van der Waals surface area (Å²) in [5.74, 6) is 0.242. The van der Waals surface area contributed by atoms with E-state index in [0.29, 0.717) is 56.5 Å². The molecular weight excluding hydrogens is 558 g/mol. The summed E-state index contributed by atoms with van der Waals surface area (Å²) in [6.07, 6.45) is -8.31. The van der Waals surface area contributed by atoms with Crippen molar-refractivity contribution in [2.75, 3.05) is 12.5 Å². The molecule has 2 aromatic carbocycles. The predicted octanol–water partition coefficient (Wildman–Crippen LogP) is 8.87. The summed E-state index contributed by atoms with van der Waals surface area (Å²) >= 11 is 5.71. The van der Waals surface area contributed by atoms with E-state index in [1.165, 1.54) is 13.8 Å². The third-order valence-corrected chi connectivity index (χ3v) is 8.38. The third kappa shape index (κ3) is 7.66. The van der Waals surface area contributed by atoms with Gasteiger partial charge < -0.3 is 4.74 Å². The first kappa shape index (κ1) is 32.1. The molecule has 0 saturated heterocycles. The number of halogens is 7. The average molecular weight is 591 g/mol. The second-order valence-corrected chi connectivity index (χ2v) is 11.2. The maximum Gasteiger partial charge on any atom is 0.416 e. The van der Waals surface area contributed by atoms with Gasteiger partial charge in [-0.25, -0.2) is 0 Å². The van der Waals surface area contributed by atoms with Gasteiger partial charge in [0.2, 0.25) is 0 Å². The highest BCUT2D eigenvalue weighted by Gasteiger charge is 2.47. The molecule has 0 unspecified atom stereocenters. The minimum Gasteiger partial charge on any atom is -0.373 e. The molecule has 0 aromatic heterocycles. The molecule has 0 heterocycles. The standard InChI is InChI=1S/C30H33ClF6O3/c1-20(22-15-24(29(32,33)34)17-25(16-22)30(35,36)37)40-19-28(23-7-4-3-5-8-23)12-10-27(11-13-28,21(2)38)18-26(39)9-6-14-31/h3-5,7-8,15-17,20H,6,9-14,18-19H2,1-2H3/t20-,27?,28?/m1/s1. The molecule has 3 nitrogen and oxygen atoms in total. The number of benzene rings is 2. The van der Waals surface area contributed by atoms with Crippen molar-refractivity contribution in [2.45, 2.75) is 82.7 Å². The molecule has 2 aromatic rings. The Kier molecular flexibility index (Phi) is 10.2. The summed E-state index contributed by atoms with van der Waals surface area (Å²) < 4.78 is 86.4. The molecule has 0 amide bonds. The second kappa shape index (κ2) is 12.6. The number of carbonyl (C=O) groups is 2. The van der Waals surface area contributed by atoms with Gasteiger partial charge in [-0.3, -0.25) is 9.59 Å². The zero-order chi connectivity index (χ0) is 29.8. The molecule has 1 atom stereocenters. The highest BCUT2D eigenvalue weighted by molar-refractivity contribution is 6.17. The van der Waals surface area contributed by atoms with E-state index in [0.717, 1.165) is 5.56 Å². The van der Waals surface area contributed by atoms with Crippen molar-refractivity contribution >= 4 is 23.2 Å². The Morgan fingerprint density at radius 1 is 0.925 bits per heavy atom. The van der Waals surface area contributed by atoms with Crippen molar-refractivity contribution in [1.82, 2.24) is 0 Å². The van der Waals surface area contributed by atoms with Crippen LogP contribution in [0, 0.1) is 5.41 Å². The largest absolute Gasteiger partial charge is 0.416 e. The number of ketones is 2. The molecule has 3 rings (SSSR count). The number of ether oxygens (including phenoxy) is 1. The summed E-state index contributed by atoms with van der Waals surface area (Å²) in [5, 5.41) is 0. The van der Waals surface area contributed by atoms with E-state index in [9.17, 15) is 35.9 Å². The SMILES string of the molecule is CC(=O)C1(CC(=O)CCCCl)CCC(CO[C@H](C)c2cc(C(F)(F)F)cc(C(F)(F)F)c2)(c2ccccc2)CC1. The Morgan fingerprint density at radius 2 is 1.48 bits per heavy atom. The van der Waals surface area contributed by atoms with Crippen LogP contribution in [0.15, 0.2) is 48.5 Å². The highest BCUT2D eigenvalue weighted by Crippen LogP contribution is 2.50. The number of hydrogen-bond donors (Lipinski definition) is 0. The van der Waals surface area contributed by atoms with Gasteiger partial charge in [0.1, 0.15) is 11.6 Å². The summed E-state index contributed by atoms with van der Waals surface area (Å²) in [7, 11) is 0. The van der Waals surface area contributed by atoms with E-state index in [4.69, 9.17) is 16.3 Å². The van der Waals surface area contributed by atoms with Gasteiger partial charge in [-0.1, -0.05) is 30.3 Å². The predicted molar refractivity (Wildman–Crippen MR) is 140 cm³/mol. The molecule has 220 valence electrons. The minimum absolute atomic E-state index is 0.0178. The lowest BCUT2D eigenvalue weighted by atomic mass is 9.58. The van der Waals surface area contributed by atoms with Crippen molar-refractivity contribution in [3.63, 3.8) is 0 Å². The van der Waals surface area contributed by atoms with Crippen LogP contribution >= 0.6 is 11.6 Å². The van der Waals surface area contributed by atoms with Crippen LogP contribution in [-0.2, 0) is 32.1 Å². The van der Waals surface area contributed by atoms with E-state index < -0.39 is 40.4 Å². The Hall–Kier alpha value is -2.39. The fourth-order valence-electron chi connectivity index (χ4n) is 5.49. The molecule has 10 heteroatoms. The normalized spacial score (nSPS) is 22.6. The molecule has 40 heavy (non-hydrogen) atoms. The van der Waals surface area contributed by atoms with Crippen LogP contribution in [-0.4, -0.2) is 24.1 Å². The zero-order valence-electron chi connectivity index (χ0n) is 22.4. The van der Waals surface area contributed by atoms with Gasteiger partial charge >= 0.3 is 12.4 Å². The Labute approximate surface area is 235 Å². The van der Waals surface area contributed by atoms with Crippen LogP contribution < -0.4 is 0 Å². The first-order chi connectivity index (χ1) is 18.6. The summed E-state index contributed by atoms with van der Waals surface area (Å²) in [6, 6.07) is 10.8. The van der Waals surface area contributed by atoms with E-state index in [2.05, 4.69) is 0 Å². The average Bonchev–Trinajstić information content (AvgIpc) is 2.90. The van der Waals surface area contributed by atoms with Gasteiger partial charge in [0, 0.05) is 29.6 Å². The zero-order valence-corrected chi connectivity index (χ0v) is 23.2. The minimum atomic E-state index is -4.96. The fourth-order valence-corrected chi connectivity index (χ4v) is 5.63. The van der Waals surface area contributed by atoms with Crippen LogP contribution in [0.25, 0.3) is 0 Å². The molecule has 0 N–H and O–H groups in total. The maximum absolute atomic E-state index is 13.4. The number of alkyl halides is 7. The Bertz CT molecular complexity index is 1140. The quantitative estimate of drug-likeness (QED) is 0.194. The molecule has 1 aliphatic rings. The van der Waals surface area contributed by atoms with Crippen molar-refractivity contribution in [3.05, 3.63) is 70.8 Å². The van der Waals surface area contributed by atoms with Crippen molar-refractivity contribution in [2.24, 2.45) is 5.41 Å². The van der Waals surface area contributed by atoms with E-state index >= 15 is 0 Å². The van der Waals surface area contributed by atoms with Crippen LogP contribution in [0.2, 0.25) is 0 Å². The van der Waals surface area contributed by atoms with E-state index in [1.54, 1.807) is 0 Å². The first-order valence-corrected chi connectivity index (χ1v) is 13.7. The molecule has 1 fully saturated rings. The Balaban J connectivity index is 1.87. The van der Waals surface area contributed by atoms with Gasteiger partial charge in [-0.15, -0.1) is 11.6 Å². The smallest absolute Gasteiger partial charge is 0.373 e. The molecule has 1 saturated carbocycles. The molecule has 0 aliphatic heterocycles. The van der Waals surface area contributed by atoms with Gasteiger partial charge in [0.25, 0.3) is 0 Å². The maximum atomic E-state index is 13.4. The van der Waals surface area contributed by atoms with Crippen LogP contribution in [0.3, 0.4) is 0 Å². The highest BCUT2D eigenvalue weighted by atomic mass is 35.5. The van der Waals surface area contributed by atoms with Crippen molar-refractivity contribution in [3.8, 4) is 0 Å². The monoisotopic (exact) mass is 590 g/mol. The molecule has 0 bridgehead atoms. The topological polar surface area (TPSA) is 43.4 Å². The van der Waals surface area contributed by atoms with E-state index in [-0.39, 0.29) is 36.2 Å². The Morgan fingerprint density at radius 3 is 1.95 bits per heavy atom.